The van der Waals surface area contributed by atoms with Gasteiger partial charge < -0.3 is 0 Å². The van der Waals surface area contributed by atoms with E-state index in [0.717, 1.165) is 6.26 Å². The summed E-state index contributed by atoms with van der Waals surface area (Å²) in [6, 6.07) is 4.65. The van der Waals surface area contributed by atoms with Gasteiger partial charge in [0.15, 0.2) is 0 Å². The highest BCUT2D eigenvalue weighted by Gasteiger charge is 2.09. The van der Waals surface area contributed by atoms with Gasteiger partial charge in [-0.2, -0.15) is 0 Å². The molecule has 0 fully saturated rings. The van der Waals surface area contributed by atoms with Gasteiger partial charge in [0, 0.05) is 0 Å². The van der Waals surface area contributed by atoms with Crippen LogP contribution in [0.5, 0.6) is 0 Å². The lowest BCUT2D eigenvalue weighted by atomic mass is 10.1. The highest BCUT2D eigenvalue weighted by Crippen LogP contribution is 2.18. The third-order valence-corrected chi connectivity index (χ3v) is 2.35. The predicted octanol–water partition coefficient (Wildman–Crippen LogP) is 1.76. The lowest BCUT2D eigenvalue weighted by molar-refractivity contribution is 0.601. The van der Waals surface area contributed by atoms with E-state index in [1.807, 2.05) is 6.92 Å². The largest absolute Gasteiger partial charge is 0.281 e. The van der Waals surface area contributed by atoms with Crippen molar-refractivity contribution in [1.29, 1.82) is 0 Å². The van der Waals surface area contributed by atoms with E-state index in [2.05, 4.69) is 4.72 Å². The minimum Gasteiger partial charge on any atom is -0.281 e. The highest BCUT2D eigenvalue weighted by molar-refractivity contribution is 7.92. The zero-order chi connectivity index (χ0) is 10.8. The number of hydrogen-bond donors (Lipinski definition) is 1. The van der Waals surface area contributed by atoms with Crippen molar-refractivity contribution in [3.05, 3.63) is 29.6 Å². The Morgan fingerprint density at radius 1 is 1.43 bits per heavy atom. The fourth-order valence-corrected chi connectivity index (χ4v) is 1.69. The minimum absolute atomic E-state index is 0.00634. The average Bonchev–Trinajstić information content (AvgIpc) is 2.06. The van der Waals surface area contributed by atoms with E-state index >= 15 is 0 Å². The molecule has 0 amide bonds. The van der Waals surface area contributed by atoms with Crippen molar-refractivity contribution in [2.45, 2.75) is 13.3 Å². The first kappa shape index (κ1) is 11.0. The van der Waals surface area contributed by atoms with Crippen LogP contribution in [-0.4, -0.2) is 14.7 Å². The standard InChI is InChI=1S/C9H12FNO2S/c1-3-7-5-4-6-8(9(7)10)11-14(2,12)13/h4-6,11H,3H2,1-2H3. The van der Waals surface area contributed by atoms with Crippen LogP contribution in [0.1, 0.15) is 12.5 Å². The van der Waals surface area contributed by atoms with E-state index in [0.29, 0.717) is 12.0 Å². The summed E-state index contributed by atoms with van der Waals surface area (Å²) in [4.78, 5) is 0. The normalized spacial score (nSPS) is 11.4. The van der Waals surface area contributed by atoms with E-state index in [-0.39, 0.29) is 5.69 Å². The summed E-state index contributed by atoms with van der Waals surface area (Å²) < 4.78 is 37.3. The summed E-state index contributed by atoms with van der Waals surface area (Å²) in [6.07, 6.45) is 1.52. The van der Waals surface area contributed by atoms with Crippen LogP contribution in [0.15, 0.2) is 18.2 Å². The molecule has 5 heteroatoms. The smallest absolute Gasteiger partial charge is 0.229 e. The number of hydrogen-bond acceptors (Lipinski definition) is 2. The van der Waals surface area contributed by atoms with Crippen molar-refractivity contribution in [3.63, 3.8) is 0 Å². The molecule has 0 radical (unpaired) electrons. The Morgan fingerprint density at radius 2 is 2.07 bits per heavy atom. The van der Waals surface area contributed by atoms with Gasteiger partial charge in [-0.1, -0.05) is 19.1 Å². The number of rotatable bonds is 3. The molecule has 0 saturated heterocycles. The Labute approximate surface area is 83.0 Å². The zero-order valence-corrected chi connectivity index (χ0v) is 8.86. The fraction of sp³-hybridized carbons (Fsp3) is 0.333. The van der Waals surface area contributed by atoms with Gasteiger partial charge in [-0.15, -0.1) is 0 Å². The van der Waals surface area contributed by atoms with Crippen LogP contribution in [0.25, 0.3) is 0 Å². The summed E-state index contributed by atoms with van der Waals surface area (Å²) >= 11 is 0. The van der Waals surface area contributed by atoms with Crippen molar-refractivity contribution in [3.8, 4) is 0 Å². The lowest BCUT2D eigenvalue weighted by Crippen LogP contribution is -2.11. The van der Waals surface area contributed by atoms with Crippen LogP contribution >= 0.6 is 0 Å². The molecule has 1 aromatic carbocycles. The number of halogens is 1. The maximum absolute atomic E-state index is 13.5. The zero-order valence-electron chi connectivity index (χ0n) is 8.04. The summed E-state index contributed by atoms with van der Waals surface area (Å²) in [5.41, 5.74) is 0.505. The maximum atomic E-state index is 13.5. The second-order valence-corrected chi connectivity index (χ2v) is 4.75. The summed E-state index contributed by atoms with van der Waals surface area (Å²) in [6.45, 7) is 1.81. The molecule has 0 heterocycles. The second-order valence-electron chi connectivity index (χ2n) is 3.01. The number of anilines is 1. The summed E-state index contributed by atoms with van der Waals surface area (Å²) in [5.74, 6) is -0.500. The number of benzene rings is 1. The minimum atomic E-state index is -3.41. The van der Waals surface area contributed by atoms with Crippen LogP contribution in [0.3, 0.4) is 0 Å². The number of nitrogens with one attached hydrogen (secondary N) is 1. The molecular weight excluding hydrogens is 205 g/mol. The lowest BCUT2D eigenvalue weighted by Gasteiger charge is -2.07. The molecule has 1 aromatic rings. The van der Waals surface area contributed by atoms with Gasteiger partial charge in [-0.3, -0.25) is 4.72 Å². The van der Waals surface area contributed by atoms with Crippen molar-refractivity contribution >= 4 is 15.7 Å². The van der Waals surface area contributed by atoms with Crippen molar-refractivity contribution in [2.24, 2.45) is 0 Å². The third kappa shape index (κ3) is 2.70. The molecule has 0 aromatic heterocycles. The van der Waals surface area contributed by atoms with Crippen molar-refractivity contribution < 1.29 is 12.8 Å². The van der Waals surface area contributed by atoms with Crippen LogP contribution < -0.4 is 4.72 Å². The molecule has 0 spiro atoms. The Bertz CT molecular complexity index is 428. The van der Waals surface area contributed by atoms with Gasteiger partial charge in [0.2, 0.25) is 10.0 Å². The van der Waals surface area contributed by atoms with Crippen LogP contribution in [0.4, 0.5) is 10.1 Å². The van der Waals surface area contributed by atoms with E-state index < -0.39 is 15.8 Å². The number of sulfonamides is 1. The molecule has 0 bridgehead atoms. The van der Waals surface area contributed by atoms with E-state index in [4.69, 9.17) is 0 Å². The maximum Gasteiger partial charge on any atom is 0.229 e. The Kier molecular flexibility index (Phi) is 3.10. The van der Waals surface area contributed by atoms with Crippen LogP contribution in [-0.2, 0) is 16.4 Å². The highest BCUT2D eigenvalue weighted by atomic mass is 32.2. The Hall–Kier alpha value is -1.10. The molecule has 1 rings (SSSR count). The molecule has 0 saturated carbocycles. The molecule has 0 aliphatic rings. The van der Waals surface area contributed by atoms with Gasteiger partial charge in [0.1, 0.15) is 5.82 Å². The molecule has 0 aliphatic carbocycles. The van der Waals surface area contributed by atoms with Gasteiger partial charge in [-0.05, 0) is 18.1 Å². The first-order valence-corrected chi connectivity index (χ1v) is 6.08. The van der Waals surface area contributed by atoms with E-state index in [9.17, 15) is 12.8 Å². The summed E-state index contributed by atoms with van der Waals surface area (Å²) in [7, 11) is -3.41. The van der Waals surface area contributed by atoms with Crippen molar-refractivity contribution in [1.82, 2.24) is 0 Å². The molecule has 3 nitrogen and oxygen atoms in total. The second kappa shape index (κ2) is 3.96. The predicted molar refractivity (Wildman–Crippen MR) is 54.2 cm³/mol. The summed E-state index contributed by atoms with van der Waals surface area (Å²) in [5, 5.41) is 0. The van der Waals surface area contributed by atoms with E-state index in [1.165, 1.54) is 6.07 Å². The monoisotopic (exact) mass is 217 g/mol. The molecular formula is C9H12FNO2S. The third-order valence-electron chi connectivity index (χ3n) is 1.75. The van der Waals surface area contributed by atoms with Gasteiger partial charge in [0.05, 0.1) is 11.9 Å². The first-order chi connectivity index (χ1) is 6.44. The first-order valence-electron chi connectivity index (χ1n) is 4.19. The SMILES string of the molecule is CCc1cccc(NS(C)(=O)=O)c1F. The number of aryl methyl sites for hydroxylation is 1. The average molecular weight is 217 g/mol. The Balaban J connectivity index is 3.10. The Morgan fingerprint density at radius 3 is 2.57 bits per heavy atom. The topological polar surface area (TPSA) is 46.2 Å². The van der Waals surface area contributed by atoms with Crippen LogP contribution in [0.2, 0.25) is 0 Å². The quantitative estimate of drug-likeness (QED) is 0.838. The van der Waals surface area contributed by atoms with Crippen molar-refractivity contribution in [2.75, 3.05) is 11.0 Å². The van der Waals surface area contributed by atoms with Crippen LogP contribution in [0, 0.1) is 5.82 Å². The molecule has 0 unspecified atom stereocenters. The molecule has 1 N–H and O–H groups in total. The van der Waals surface area contributed by atoms with Gasteiger partial charge in [0.25, 0.3) is 0 Å². The van der Waals surface area contributed by atoms with E-state index in [1.54, 1.807) is 12.1 Å². The molecule has 0 aliphatic heterocycles. The fourth-order valence-electron chi connectivity index (χ4n) is 1.13. The molecule has 0 atom stereocenters. The van der Waals surface area contributed by atoms with Gasteiger partial charge in [-0.25, -0.2) is 12.8 Å². The van der Waals surface area contributed by atoms with Gasteiger partial charge >= 0.3 is 0 Å². The molecule has 14 heavy (non-hydrogen) atoms. The molecule has 78 valence electrons.